The van der Waals surface area contributed by atoms with Gasteiger partial charge in [0, 0.05) is 23.3 Å². The molecule has 0 spiro atoms. The number of pyridine rings is 1. The van der Waals surface area contributed by atoms with E-state index in [-0.39, 0.29) is 17.0 Å². The second-order valence-electron chi connectivity index (χ2n) is 6.48. The van der Waals surface area contributed by atoms with Crippen LogP contribution in [0.1, 0.15) is 39.6 Å². The minimum absolute atomic E-state index is 0.0432. The third kappa shape index (κ3) is 3.08. The fourth-order valence-electron chi connectivity index (χ4n) is 3.07. The van der Waals surface area contributed by atoms with Gasteiger partial charge in [-0.25, -0.2) is 9.18 Å². The molecule has 136 valence electrons. The molecule has 2 aromatic carbocycles. The van der Waals surface area contributed by atoms with Crippen LogP contribution in [-0.2, 0) is 0 Å². The lowest BCUT2D eigenvalue weighted by Crippen LogP contribution is -2.20. The topological polar surface area (TPSA) is 88.4 Å². The number of rotatable bonds is 4. The fraction of sp³-hybridized carbons (Fsp3) is 0.150. The van der Waals surface area contributed by atoms with Crippen LogP contribution in [0.4, 0.5) is 10.1 Å². The number of carbonyl (C=O) groups is 2. The first kappa shape index (κ1) is 17.0. The van der Waals surface area contributed by atoms with Crippen molar-refractivity contribution in [2.24, 2.45) is 0 Å². The van der Waals surface area contributed by atoms with E-state index in [1.54, 1.807) is 34.9 Å². The lowest BCUT2D eigenvalue weighted by Gasteiger charge is -2.13. The van der Waals surface area contributed by atoms with Crippen LogP contribution in [-0.4, -0.2) is 21.6 Å². The maximum Gasteiger partial charge on any atom is 0.341 e. The SMILES string of the molecule is O=C(Nc1ccccc1)c1cc2c(cc1F)c(=O)c(C(=O)O)cn2C1CC1. The molecule has 1 fully saturated rings. The molecule has 3 aromatic rings. The van der Waals surface area contributed by atoms with Gasteiger partial charge in [0.2, 0.25) is 5.43 Å². The van der Waals surface area contributed by atoms with Crippen LogP contribution in [0.15, 0.2) is 53.5 Å². The van der Waals surface area contributed by atoms with E-state index in [0.717, 1.165) is 18.9 Å². The van der Waals surface area contributed by atoms with Gasteiger partial charge in [-0.05, 0) is 37.1 Å². The number of amides is 1. The number of carboxylic acid groups (broad SMARTS) is 1. The number of carbonyl (C=O) groups excluding carboxylic acids is 1. The van der Waals surface area contributed by atoms with Crippen molar-refractivity contribution in [3.8, 4) is 0 Å². The number of nitrogens with zero attached hydrogens (tertiary/aromatic N) is 1. The number of benzene rings is 2. The molecule has 1 saturated carbocycles. The van der Waals surface area contributed by atoms with Gasteiger partial charge in [0.1, 0.15) is 11.4 Å². The Kier molecular flexibility index (Phi) is 3.99. The standard InChI is InChI=1S/C20H15FN2O4/c21-16-8-14-17(9-13(16)19(25)22-11-4-2-1-3-5-11)23(12-6-7-12)10-15(18(14)24)20(26)27/h1-5,8-10,12H,6-7H2,(H,22,25)(H,26,27). The van der Waals surface area contributed by atoms with Gasteiger partial charge in [0.25, 0.3) is 5.91 Å². The Labute approximate surface area is 152 Å². The number of anilines is 1. The molecule has 0 bridgehead atoms. The van der Waals surface area contributed by atoms with E-state index in [1.807, 2.05) is 0 Å². The van der Waals surface area contributed by atoms with E-state index in [1.165, 1.54) is 12.3 Å². The van der Waals surface area contributed by atoms with Crippen molar-refractivity contribution < 1.29 is 19.1 Å². The first-order valence-corrected chi connectivity index (χ1v) is 8.44. The molecule has 1 aliphatic carbocycles. The summed E-state index contributed by atoms with van der Waals surface area (Å²) in [6, 6.07) is 10.9. The molecule has 0 atom stereocenters. The molecule has 2 N–H and O–H groups in total. The zero-order valence-electron chi connectivity index (χ0n) is 14.1. The average Bonchev–Trinajstić information content (AvgIpc) is 3.47. The maximum atomic E-state index is 14.6. The Morgan fingerprint density at radius 3 is 2.44 bits per heavy atom. The number of fused-ring (bicyclic) bond motifs is 1. The molecule has 4 rings (SSSR count). The van der Waals surface area contributed by atoms with E-state index in [4.69, 9.17) is 0 Å². The van der Waals surface area contributed by atoms with E-state index in [0.29, 0.717) is 11.2 Å². The summed E-state index contributed by atoms with van der Waals surface area (Å²) in [6.07, 6.45) is 2.95. The predicted octanol–water partition coefficient (Wildman–Crippen LogP) is 3.43. The number of hydrogen-bond donors (Lipinski definition) is 2. The molecular weight excluding hydrogens is 351 g/mol. The smallest absolute Gasteiger partial charge is 0.341 e. The molecule has 1 aliphatic rings. The van der Waals surface area contributed by atoms with Gasteiger partial charge >= 0.3 is 5.97 Å². The zero-order valence-corrected chi connectivity index (χ0v) is 14.1. The lowest BCUT2D eigenvalue weighted by molar-refractivity contribution is 0.0694. The highest BCUT2D eigenvalue weighted by molar-refractivity contribution is 6.06. The minimum Gasteiger partial charge on any atom is -0.477 e. The van der Waals surface area contributed by atoms with Crippen molar-refractivity contribution in [3.05, 3.63) is 75.8 Å². The number of para-hydroxylation sites is 1. The second kappa shape index (κ2) is 6.35. The third-order valence-electron chi connectivity index (χ3n) is 4.57. The number of halogens is 1. The maximum absolute atomic E-state index is 14.6. The van der Waals surface area contributed by atoms with Crippen LogP contribution in [0.2, 0.25) is 0 Å². The van der Waals surface area contributed by atoms with Crippen molar-refractivity contribution in [3.63, 3.8) is 0 Å². The Morgan fingerprint density at radius 1 is 1.11 bits per heavy atom. The molecule has 27 heavy (non-hydrogen) atoms. The molecule has 6 nitrogen and oxygen atoms in total. The summed E-state index contributed by atoms with van der Waals surface area (Å²) in [5.74, 6) is -2.88. The Morgan fingerprint density at radius 2 is 1.81 bits per heavy atom. The van der Waals surface area contributed by atoms with Crippen molar-refractivity contribution in [2.75, 3.05) is 5.32 Å². The summed E-state index contributed by atoms with van der Waals surface area (Å²) < 4.78 is 16.2. The third-order valence-corrected chi connectivity index (χ3v) is 4.57. The molecular formula is C20H15FN2O4. The molecule has 0 unspecified atom stereocenters. The second-order valence-corrected chi connectivity index (χ2v) is 6.48. The zero-order chi connectivity index (χ0) is 19.1. The quantitative estimate of drug-likeness (QED) is 0.740. The number of carboxylic acids is 1. The molecule has 1 aromatic heterocycles. The summed E-state index contributed by atoms with van der Waals surface area (Å²) in [4.78, 5) is 36.3. The largest absolute Gasteiger partial charge is 0.477 e. The Hall–Kier alpha value is -3.48. The Balaban J connectivity index is 1.86. The van der Waals surface area contributed by atoms with Crippen LogP contribution < -0.4 is 10.7 Å². The van der Waals surface area contributed by atoms with Gasteiger partial charge in [0.15, 0.2) is 0 Å². The molecule has 0 radical (unpaired) electrons. The Bertz CT molecular complexity index is 1130. The molecule has 0 aliphatic heterocycles. The normalized spacial score (nSPS) is 13.5. The number of aromatic nitrogens is 1. The van der Waals surface area contributed by atoms with Crippen molar-refractivity contribution in [1.82, 2.24) is 4.57 Å². The fourth-order valence-corrected chi connectivity index (χ4v) is 3.07. The van der Waals surface area contributed by atoms with Crippen molar-refractivity contribution in [2.45, 2.75) is 18.9 Å². The summed E-state index contributed by atoms with van der Waals surface area (Å²) in [6.45, 7) is 0. The van der Waals surface area contributed by atoms with Gasteiger partial charge < -0.3 is 15.0 Å². The van der Waals surface area contributed by atoms with Crippen LogP contribution in [0.3, 0.4) is 0 Å². The van der Waals surface area contributed by atoms with Gasteiger partial charge in [0.05, 0.1) is 11.1 Å². The molecule has 7 heteroatoms. The first-order valence-electron chi connectivity index (χ1n) is 8.44. The number of nitrogens with one attached hydrogen (secondary N) is 1. The van der Waals surface area contributed by atoms with Crippen LogP contribution in [0.25, 0.3) is 10.9 Å². The highest BCUT2D eigenvalue weighted by Crippen LogP contribution is 2.37. The monoisotopic (exact) mass is 366 g/mol. The van der Waals surface area contributed by atoms with Crippen molar-refractivity contribution >= 4 is 28.5 Å². The average molecular weight is 366 g/mol. The highest BCUT2D eigenvalue weighted by atomic mass is 19.1. The van der Waals surface area contributed by atoms with Gasteiger partial charge in [-0.2, -0.15) is 0 Å². The summed E-state index contributed by atoms with van der Waals surface area (Å²) in [5, 5.41) is 11.8. The predicted molar refractivity (Wildman–Crippen MR) is 97.8 cm³/mol. The number of aromatic carboxylic acids is 1. The van der Waals surface area contributed by atoms with Gasteiger partial charge in [-0.1, -0.05) is 18.2 Å². The first-order chi connectivity index (χ1) is 13.0. The minimum atomic E-state index is -1.36. The summed E-state index contributed by atoms with van der Waals surface area (Å²) in [5.41, 5.74) is -0.503. The van der Waals surface area contributed by atoms with E-state index < -0.39 is 28.7 Å². The van der Waals surface area contributed by atoms with Gasteiger partial charge in [-0.15, -0.1) is 0 Å². The van der Waals surface area contributed by atoms with E-state index in [2.05, 4.69) is 5.32 Å². The molecule has 0 saturated heterocycles. The summed E-state index contributed by atoms with van der Waals surface area (Å²) >= 11 is 0. The molecule has 1 amide bonds. The van der Waals surface area contributed by atoms with E-state index in [9.17, 15) is 23.9 Å². The van der Waals surface area contributed by atoms with E-state index >= 15 is 0 Å². The van der Waals surface area contributed by atoms with Crippen LogP contribution in [0.5, 0.6) is 0 Å². The van der Waals surface area contributed by atoms with Gasteiger partial charge in [-0.3, -0.25) is 9.59 Å². The number of hydrogen-bond acceptors (Lipinski definition) is 3. The van der Waals surface area contributed by atoms with Crippen LogP contribution >= 0.6 is 0 Å². The molecule has 1 heterocycles. The highest BCUT2D eigenvalue weighted by Gasteiger charge is 2.28. The van der Waals surface area contributed by atoms with Crippen LogP contribution in [0, 0.1) is 5.82 Å². The van der Waals surface area contributed by atoms with Crippen molar-refractivity contribution in [1.29, 1.82) is 0 Å². The lowest BCUT2D eigenvalue weighted by atomic mass is 10.1. The summed E-state index contributed by atoms with van der Waals surface area (Å²) in [7, 11) is 0.